The minimum absolute atomic E-state index is 0.367. The van der Waals surface area contributed by atoms with Crippen LogP contribution in [0, 0.1) is 5.41 Å². The summed E-state index contributed by atoms with van der Waals surface area (Å²) in [4.78, 5) is 23.0. The van der Waals surface area contributed by atoms with Crippen molar-refractivity contribution < 1.29 is 14.7 Å². The molecule has 0 spiro atoms. The maximum atomic E-state index is 11.5. The number of benzene rings is 1. The third-order valence-corrected chi connectivity index (χ3v) is 3.40. The van der Waals surface area contributed by atoms with Gasteiger partial charge >= 0.3 is 5.97 Å². The van der Waals surface area contributed by atoms with E-state index in [2.05, 4.69) is 11.9 Å². The van der Waals surface area contributed by atoms with Gasteiger partial charge in [0.1, 0.15) is 0 Å². The van der Waals surface area contributed by atoms with Crippen LogP contribution in [0.3, 0.4) is 0 Å². The van der Waals surface area contributed by atoms with Crippen molar-refractivity contribution >= 4 is 35.1 Å². The molecule has 0 bridgehead atoms. The Kier molecular flexibility index (Phi) is 5.20. The topological polar surface area (TPSA) is 66.4 Å². The molecule has 2 N–H and O–H groups in total. The molecule has 1 aromatic rings. The van der Waals surface area contributed by atoms with Gasteiger partial charge in [-0.15, -0.1) is 0 Å². The monoisotopic (exact) mass is 315 g/mol. The van der Waals surface area contributed by atoms with Crippen LogP contribution in [0.1, 0.15) is 25.5 Å². The first-order valence-electron chi connectivity index (χ1n) is 5.80. The molecule has 20 heavy (non-hydrogen) atoms. The highest BCUT2D eigenvalue weighted by atomic mass is 35.5. The fourth-order valence-electron chi connectivity index (χ4n) is 1.75. The summed E-state index contributed by atoms with van der Waals surface area (Å²) >= 11 is 11.9. The minimum Gasteiger partial charge on any atom is -0.481 e. The smallest absolute Gasteiger partial charge is 0.311 e. The average molecular weight is 316 g/mol. The molecule has 0 aliphatic carbocycles. The SMILES string of the molecule is C=CC(=O)NC(c1cc(Cl)cc(Cl)c1)C(C)(C)C(=O)O. The molecule has 1 amide bonds. The first-order chi connectivity index (χ1) is 9.18. The highest BCUT2D eigenvalue weighted by Crippen LogP contribution is 2.36. The second-order valence-corrected chi connectivity index (χ2v) is 5.75. The molecule has 0 aromatic heterocycles. The Morgan fingerprint density at radius 2 is 1.80 bits per heavy atom. The Balaban J connectivity index is 3.32. The summed E-state index contributed by atoms with van der Waals surface area (Å²) in [7, 11) is 0. The standard InChI is InChI=1S/C14H15Cl2NO3/c1-4-11(18)17-12(14(2,3)13(19)20)8-5-9(15)7-10(16)6-8/h4-7,12H,1H2,2-3H3,(H,17,18)(H,19,20). The summed E-state index contributed by atoms with van der Waals surface area (Å²) < 4.78 is 0. The lowest BCUT2D eigenvalue weighted by Gasteiger charge is -2.31. The molecule has 1 unspecified atom stereocenters. The molecule has 108 valence electrons. The van der Waals surface area contributed by atoms with Crippen LogP contribution in [0.4, 0.5) is 0 Å². The van der Waals surface area contributed by atoms with Gasteiger partial charge in [-0.05, 0) is 43.7 Å². The van der Waals surface area contributed by atoms with Crippen molar-refractivity contribution in [2.24, 2.45) is 5.41 Å². The fourth-order valence-corrected chi connectivity index (χ4v) is 2.29. The number of hydrogen-bond acceptors (Lipinski definition) is 2. The van der Waals surface area contributed by atoms with Crippen molar-refractivity contribution in [3.8, 4) is 0 Å². The second-order valence-electron chi connectivity index (χ2n) is 4.88. The zero-order chi connectivity index (χ0) is 15.5. The lowest BCUT2D eigenvalue weighted by molar-refractivity contribution is -0.149. The molecule has 0 aliphatic rings. The molecule has 0 aliphatic heterocycles. The van der Waals surface area contributed by atoms with Crippen LogP contribution < -0.4 is 5.32 Å². The molecule has 0 heterocycles. The van der Waals surface area contributed by atoms with Gasteiger partial charge in [0.2, 0.25) is 5.91 Å². The van der Waals surface area contributed by atoms with Crippen molar-refractivity contribution in [2.75, 3.05) is 0 Å². The van der Waals surface area contributed by atoms with Crippen molar-refractivity contribution in [2.45, 2.75) is 19.9 Å². The Morgan fingerprint density at radius 3 is 2.20 bits per heavy atom. The average Bonchev–Trinajstić information content (AvgIpc) is 2.33. The van der Waals surface area contributed by atoms with E-state index >= 15 is 0 Å². The van der Waals surface area contributed by atoms with E-state index in [9.17, 15) is 14.7 Å². The Labute approximate surface area is 127 Å². The van der Waals surface area contributed by atoms with E-state index in [0.717, 1.165) is 6.08 Å². The maximum absolute atomic E-state index is 11.5. The number of hydrogen-bond donors (Lipinski definition) is 2. The minimum atomic E-state index is -1.24. The predicted molar refractivity (Wildman–Crippen MR) is 79.0 cm³/mol. The van der Waals surface area contributed by atoms with E-state index in [4.69, 9.17) is 23.2 Å². The summed E-state index contributed by atoms with van der Waals surface area (Å²) in [6.07, 6.45) is 1.08. The predicted octanol–water partition coefficient (Wildman–Crippen LogP) is 3.45. The van der Waals surface area contributed by atoms with Gasteiger partial charge in [0.25, 0.3) is 0 Å². The summed E-state index contributed by atoms with van der Waals surface area (Å²) in [5, 5.41) is 12.7. The molecule has 0 saturated heterocycles. The number of halogens is 2. The lowest BCUT2D eigenvalue weighted by atomic mass is 9.80. The molecule has 1 rings (SSSR count). The van der Waals surface area contributed by atoms with Crippen LogP contribution >= 0.6 is 23.2 Å². The molecular weight excluding hydrogens is 301 g/mol. The van der Waals surface area contributed by atoms with Crippen molar-refractivity contribution in [1.82, 2.24) is 5.32 Å². The van der Waals surface area contributed by atoms with E-state index in [0.29, 0.717) is 15.6 Å². The van der Waals surface area contributed by atoms with Crippen molar-refractivity contribution in [1.29, 1.82) is 0 Å². The molecule has 4 nitrogen and oxygen atoms in total. The first-order valence-corrected chi connectivity index (χ1v) is 6.56. The van der Waals surface area contributed by atoms with Crippen molar-refractivity contribution in [3.05, 3.63) is 46.5 Å². The van der Waals surface area contributed by atoms with Crippen LogP contribution in [0.5, 0.6) is 0 Å². The molecule has 1 aromatic carbocycles. The number of amides is 1. The maximum Gasteiger partial charge on any atom is 0.311 e. The highest BCUT2D eigenvalue weighted by Gasteiger charge is 2.39. The van der Waals surface area contributed by atoms with Crippen LogP contribution in [0.25, 0.3) is 0 Å². The molecule has 1 atom stereocenters. The molecule has 6 heteroatoms. The van der Waals surface area contributed by atoms with E-state index in [1.54, 1.807) is 12.1 Å². The number of carboxylic acids is 1. The van der Waals surface area contributed by atoms with Gasteiger partial charge in [0.15, 0.2) is 0 Å². The summed E-state index contributed by atoms with van der Waals surface area (Å²) in [6.45, 7) is 6.38. The Hall–Kier alpha value is -1.52. The van der Waals surface area contributed by atoms with Crippen LogP contribution in [-0.2, 0) is 9.59 Å². The first kappa shape index (κ1) is 16.5. The third-order valence-electron chi connectivity index (χ3n) is 2.96. The number of carbonyl (C=O) groups excluding carboxylic acids is 1. The largest absolute Gasteiger partial charge is 0.481 e. The zero-order valence-corrected chi connectivity index (χ0v) is 12.6. The normalized spacial score (nSPS) is 12.6. The van der Waals surface area contributed by atoms with Gasteiger partial charge in [-0.25, -0.2) is 0 Å². The number of rotatable bonds is 5. The van der Waals surface area contributed by atoms with Crippen LogP contribution in [0.2, 0.25) is 10.0 Å². The van der Waals surface area contributed by atoms with Gasteiger partial charge in [-0.3, -0.25) is 9.59 Å². The molecule has 0 fully saturated rings. The highest BCUT2D eigenvalue weighted by molar-refractivity contribution is 6.34. The van der Waals surface area contributed by atoms with Gasteiger partial charge in [0, 0.05) is 10.0 Å². The van der Waals surface area contributed by atoms with E-state index < -0.39 is 23.3 Å². The van der Waals surface area contributed by atoms with Crippen LogP contribution in [0.15, 0.2) is 30.9 Å². The van der Waals surface area contributed by atoms with E-state index in [-0.39, 0.29) is 0 Å². The summed E-state index contributed by atoms with van der Waals surface area (Å²) in [5.74, 6) is -1.52. The molecule has 0 radical (unpaired) electrons. The number of carbonyl (C=O) groups is 2. The molecular formula is C14H15Cl2NO3. The number of aliphatic carboxylic acids is 1. The van der Waals surface area contributed by atoms with Gasteiger partial charge in [-0.2, -0.15) is 0 Å². The van der Waals surface area contributed by atoms with Crippen molar-refractivity contribution in [3.63, 3.8) is 0 Å². The van der Waals surface area contributed by atoms with Gasteiger partial charge < -0.3 is 10.4 Å². The third kappa shape index (κ3) is 3.74. The summed E-state index contributed by atoms with van der Waals surface area (Å²) in [6, 6.07) is 3.90. The van der Waals surface area contributed by atoms with E-state index in [1.165, 1.54) is 19.9 Å². The lowest BCUT2D eigenvalue weighted by Crippen LogP contribution is -2.41. The second kappa shape index (κ2) is 6.29. The zero-order valence-electron chi connectivity index (χ0n) is 11.1. The molecule has 0 saturated carbocycles. The van der Waals surface area contributed by atoms with Gasteiger partial charge in [0.05, 0.1) is 11.5 Å². The fraction of sp³-hybridized carbons (Fsp3) is 0.286. The Bertz CT molecular complexity index is 535. The number of nitrogens with one attached hydrogen (secondary N) is 1. The summed E-state index contributed by atoms with van der Waals surface area (Å²) in [5.41, 5.74) is -0.725. The van der Waals surface area contributed by atoms with Gasteiger partial charge in [-0.1, -0.05) is 29.8 Å². The number of carboxylic acid groups (broad SMARTS) is 1. The van der Waals surface area contributed by atoms with Crippen LogP contribution in [-0.4, -0.2) is 17.0 Å². The Morgan fingerprint density at radius 1 is 1.30 bits per heavy atom. The van der Waals surface area contributed by atoms with E-state index in [1.807, 2.05) is 0 Å². The quantitative estimate of drug-likeness (QED) is 0.818.